The number of ketones is 1. The molecular weight excluding hydrogens is 296 g/mol. The third-order valence-electron chi connectivity index (χ3n) is 2.81. The predicted molar refractivity (Wildman–Crippen MR) is 80.0 cm³/mol. The van der Waals surface area contributed by atoms with E-state index in [1.807, 2.05) is 20.8 Å². The Hall–Kier alpha value is -1.46. The second-order valence-corrected chi connectivity index (χ2v) is 6.56. The summed E-state index contributed by atoms with van der Waals surface area (Å²) in [7, 11) is 1.52. The Bertz CT molecular complexity index is 647. The number of halogens is 1. The van der Waals surface area contributed by atoms with E-state index in [0.29, 0.717) is 26.9 Å². The van der Waals surface area contributed by atoms with Gasteiger partial charge in [0.05, 0.1) is 18.4 Å². The van der Waals surface area contributed by atoms with Crippen molar-refractivity contribution in [2.24, 2.45) is 0 Å². The Morgan fingerprint density at radius 1 is 1.35 bits per heavy atom. The van der Waals surface area contributed by atoms with Gasteiger partial charge in [-0.2, -0.15) is 0 Å². The molecule has 0 spiro atoms. The quantitative estimate of drug-likeness (QED) is 0.811. The normalized spacial score (nSPS) is 11.4. The van der Waals surface area contributed by atoms with Crippen LogP contribution in [0, 0.1) is 0 Å². The average Bonchev–Trinajstić information content (AvgIpc) is 2.87. The first-order valence-electron chi connectivity index (χ1n) is 6.05. The minimum absolute atomic E-state index is 0.163. The highest BCUT2D eigenvalue weighted by Crippen LogP contribution is 2.31. The molecule has 1 heterocycles. The van der Waals surface area contributed by atoms with Crippen molar-refractivity contribution in [2.45, 2.75) is 26.2 Å². The van der Waals surface area contributed by atoms with Gasteiger partial charge < -0.3 is 4.74 Å². The molecule has 0 aliphatic heterocycles. The SMILES string of the molecule is COc1ccc(Cl)cc1C(=O)c1snnc1C(C)(C)C. The Morgan fingerprint density at radius 2 is 2.05 bits per heavy atom. The molecular formula is C14H15ClN2O2S. The molecule has 0 aliphatic rings. The molecule has 4 nitrogen and oxygen atoms in total. The van der Waals surface area contributed by atoms with E-state index in [-0.39, 0.29) is 11.2 Å². The van der Waals surface area contributed by atoms with Gasteiger partial charge in [-0.1, -0.05) is 36.9 Å². The molecule has 0 radical (unpaired) electrons. The van der Waals surface area contributed by atoms with E-state index in [0.717, 1.165) is 11.5 Å². The molecule has 1 aromatic carbocycles. The molecule has 2 aromatic rings. The fourth-order valence-corrected chi connectivity index (χ4v) is 2.81. The minimum Gasteiger partial charge on any atom is -0.496 e. The largest absolute Gasteiger partial charge is 0.496 e. The number of hydrogen-bond donors (Lipinski definition) is 0. The smallest absolute Gasteiger partial charge is 0.210 e. The molecule has 0 saturated carbocycles. The van der Waals surface area contributed by atoms with Crippen molar-refractivity contribution in [3.05, 3.63) is 39.4 Å². The Balaban J connectivity index is 2.53. The summed E-state index contributed by atoms with van der Waals surface area (Å²) in [5.41, 5.74) is 0.871. The van der Waals surface area contributed by atoms with Gasteiger partial charge in [0, 0.05) is 10.4 Å². The fraction of sp³-hybridized carbons (Fsp3) is 0.357. The van der Waals surface area contributed by atoms with Crippen LogP contribution >= 0.6 is 23.1 Å². The summed E-state index contributed by atoms with van der Waals surface area (Å²) >= 11 is 7.07. The van der Waals surface area contributed by atoms with Gasteiger partial charge >= 0.3 is 0 Å². The van der Waals surface area contributed by atoms with Crippen molar-refractivity contribution in [2.75, 3.05) is 7.11 Å². The van der Waals surface area contributed by atoms with Gasteiger partial charge in [-0.05, 0) is 29.7 Å². The van der Waals surface area contributed by atoms with Crippen LogP contribution in [-0.4, -0.2) is 22.5 Å². The summed E-state index contributed by atoms with van der Waals surface area (Å²) in [5.74, 6) is 0.330. The Labute approximate surface area is 126 Å². The molecule has 0 amide bonds. The lowest BCUT2D eigenvalue weighted by molar-refractivity contribution is 0.103. The highest BCUT2D eigenvalue weighted by Gasteiger charge is 2.28. The molecule has 20 heavy (non-hydrogen) atoms. The predicted octanol–water partition coefficient (Wildman–Crippen LogP) is 3.73. The number of methoxy groups -OCH3 is 1. The number of benzene rings is 1. The zero-order valence-corrected chi connectivity index (χ0v) is 13.3. The van der Waals surface area contributed by atoms with Crippen molar-refractivity contribution in [1.29, 1.82) is 0 Å². The molecule has 0 N–H and O–H groups in total. The van der Waals surface area contributed by atoms with Crippen LogP contribution in [0.2, 0.25) is 5.02 Å². The minimum atomic E-state index is -0.246. The van der Waals surface area contributed by atoms with Gasteiger partial charge in [-0.3, -0.25) is 4.79 Å². The van der Waals surface area contributed by atoms with Crippen molar-refractivity contribution < 1.29 is 9.53 Å². The second kappa shape index (κ2) is 5.50. The van der Waals surface area contributed by atoms with Crippen molar-refractivity contribution in [3.63, 3.8) is 0 Å². The zero-order chi connectivity index (χ0) is 14.9. The van der Waals surface area contributed by atoms with Crippen molar-refractivity contribution in [1.82, 2.24) is 9.59 Å². The number of ether oxygens (including phenoxy) is 1. The van der Waals surface area contributed by atoms with Crippen LogP contribution in [0.4, 0.5) is 0 Å². The van der Waals surface area contributed by atoms with Crippen molar-refractivity contribution in [3.8, 4) is 5.75 Å². The Kier molecular flexibility index (Phi) is 4.11. The van der Waals surface area contributed by atoms with Crippen LogP contribution in [0.3, 0.4) is 0 Å². The highest BCUT2D eigenvalue weighted by molar-refractivity contribution is 7.08. The lowest BCUT2D eigenvalue weighted by atomic mass is 9.90. The van der Waals surface area contributed by atoms with Gasteiger partial charge in [0.15, 0.2) is 0 Å². The molecule has 0 bridgehead atoms. The summed E-state index contributed by atoms with van der Waals surface area (Å²) in [4.78, 5) is 13.2. The standard InChI is InChI=1S/C14H15ClN2O2S/c1-14(2,3)13-12(20-17-16-13)11(18)9-7-8(15)5-6-10(9)19-4/h5-7H,1-4H3. The first kappa shape index (κ1) is 14.9. The zero-order valence-electron chi connectivity index (χ0n) is 11.7. The van der Waals surface area contributed by atoms with Crippen LogP contribution in [0.1, 0.15) is 41.7 Å². The van der Waals surface area contributed by atoms with E-state index in [2.05, 4.69) is 9.59 Å². The van der Waals surface area contributed by atoms with Crippen LogP contribution < -0.4 is 4.74 Å². The van der Waals surface area contributed by atoms with E-state index >= 15 is 0 Å². The summed E-state index contributed by atoms with van der Waals surface area (Å²) in [5, 5.41) is 4.58. The summed E-state index contributed by atoms with van der Waals surface area (Å²) in [6.07, 6.45) is 0. The van der Waals surface area contributed by atoms with Crippen LogP contribution in [0.5, 0.6) is 5.75 Å². The van der Waals surface area contributed by atoms with E-state index < -0.39 is 0 Å². The maximum atomic E-state index is 12.7. The lowest BCUT2D eigenvalue weighted by Crippen LogP contribution is -2.17. The average molecular weight is 311 g/mol. The Morgan fingerprint density at radius 3 is 2.65 bits per heavy atom. The second-order valence-electron chi connectivity index (χ2n) is 5.37. The van der Waals surface area contributed by atoms with Gasteiger partial charge in [0.2, 0.25) is 5.78 Å². The summed E-state index contributed by atoms with van der Waals surface area (Å²) < 4.78 is 9.14. The maximum Gasteiger partial charge on any atom is 0.210 e. The lowest BCUT2D eigenvalue weighted by Gasteiger charge is -2.16. The topological polar surface area (TPSA) is 52.1 Å². The van der Waals surface area contributed by atoms with E-state index in [4.69, 9.17) is 16.3 Å². The maximum absolute atomic E-state index is 12.7. The first-order chi connectivity index (χ1) is 9.34. The summed E-state index contributed by atoms with van der Waals surface area (Å²) in [6.45, 7) is 5.99. The van der Waals surface area contributed by atoms with Crippen LogP contribution in [0.15, 0.2) is 18.2 Å². The van der Waals surface area contributed by atoms with Crippen LogP contribution in [0.25, 0.3) is 0 Å². The number of carbonyl (C=O) groups is 1. The third kappa shape index (κ3) is 2.83. The molecule has 2 rings (SSSR count). The van der Waals surface area contributed by atoms with E-state index in [1.165, 1.54) is 7.11 Å². The molecule has 0 unspecified atom stereocenters. The molecule has 0 atom stereocenters. The number of nitrogens with zero attached hydrogens (tertiary/aromatic N) is 2. The molecule has 0 saturated heterocycles. The molecule has 1 aromatic heterocycles. The number of carbonyl (C=O) groups excluding carboxylic acids is 1. The molecule has 6 heteroatoms. The van der Waals surface area contributed by atoms with Gasteiger partial charge in [0.25, 0.3) is 0 Å². The van der Waals surface area contributed by atoms with Crippen LogP contribution in [-0.2, 0) is 5.41 Å². The molecule has 106 valence electrons. The third-order valence-corrected chi connectivity index (χ3v) is 3.77. The molecule has 0 aliphatic carbocycles. The number of aromatic nitrogens is 2. The fourth-order valence-electron chi connectivity index (χ4n) is 1.81. The van der Waals surface area contributed by atoms with Gasteiger partial charge in [-0.15, -0.1) is 5.10 Å². The molecule has 0 fully saturated rings. The first-order valence-corrected chi connectivity index (χ1v) is 7.21. The number of hydrogen-bond acceptors (Lipinski definition) is 5. The summed E-state index contributed by atoms with van der Waals surface area (Å²) in [6, 6.07) is 4.97. The van der Waals surface area contributed by atoms with Gasteiger partial charge in [-0.25, -0.2) is 0 Å². The van der Waals surface area contributed by atoms with Gasteiger partial charge in [0.1, 0.15) is 10.6 Å². The van der Waals surface area contributed by atoms with Crippen molar-refractivity contribution >= 4 is 28.9 Å². The van der Waals surface area contributed by atoms with E-state index in [1.54, 1.807) is 18.2 Å². The monoisotopic (exact) mass is 310 g/mol. The van der Waals surface area contributed by atoms with E-state index in [9.17, 15) is 4.79 Å². The highest BCUT2D eigenvalue weighted by atomic mass is 35.5. The number of rotatable bonds is 3.